The van der Waals surface area contributed by atoms with E-state index in [-0.39, 0.29) is 28.4 Å². The summed E-state index contributed by atoms with van der Waals surface area (Å²) < 4.78 is 64.3. The van der Waals surface area contributed by atoms with Gasteiger partial charge in [0.15, 0.2) is 0 Å². The first-order valence-corrected chi connectivity index (χ1v) is 18.5. The number of amides is 1. The van der Waals surface area contributed by atoms with Crippen molar-refractivity contribution in [2.75, 3.05) is 29.4 Å². The summed E-state index contributed by atoms with van der Waals surface area (Å²) in [7, 11) is -7.18. The molecule has 0 aliphatic carbocycles. The summed E-state index contributed by atoms with van der Waals surface area (Å²) in [4.78, 5) is 28.0. The number of fused-ring (bicyclic) bond motifs is 1. The molecule has 0 bridgehead atoms. The van der Waals surface area contributed by atoms with Gasteiger partial charge in [0.25, 0.3) is 26.0 Å². The number of ether oxygens (including phenoxy) is 1. The molecule has 1 amide bonds. The molecule has 1 atom stereocenters. The quantitative estimate of drug-likeness (QED) is 0.217. The van der Waals surface area contributed by atoms with Gasteiger partial charge in [-0.25, -0.2) is 21.6 Å². The molecule has 4 aromatic carbocycles. The second kappa shape index (κ2) is 13.6. The normalized spacial score (nSPS) is 13.5. The van der Waals surface area contributed by atoms with Gasteiger partial charge in [0, 0.05) is 17.8 Å². The first kappa shape index (κ1) is 35.4. The highest BCUT2D eigenvalue weighted by molar-refractivity contribution is 7.93. The summed E-state index contributed by atoms with van der Waals surface area (Å²) in [6, 6.07) is 18.7. The molecule has 0 radical (unpaired) electrons. The number of carbonyl (C=O) groups excluding carboxylic acids is 1. The molecule has 4 aromatic rings. The zero-order chi connectivity index (χ0) is 35.8. The van der Waals surface area contributed by atoms with E-state index in [9.17, 15) is 31.5 Å². The van der Waals surface area contributed by atoms with Crippen LogP contribution in [0.4, 0.5) is 11.4 Å². The summed E-state index contributed by atoms with van der Waals surface area (Å²) in [6.45, 7) is 8.06. The van der Waals surface area contributed by atoms with Crippen LogP contribution in [-0.4, -0.2) is 54.0 Å². The lowest BCUT2D eigenvalue weighted by atomic mass is 10.0. The summed E-state index contributed by atoms with van der Waals surface area (Å²) in [5.41, 5.74) is 4.77. The first-order chi connectivity index (χ1) is 23.0. The van der Waals surface area contributed by atoms with E-state index in [1.54, 1.807) is 92.4 Å². The van der Waals surface area contributed by atoms with Crippen LogP contribution >= 0.6 is 0 Å². The molecule has 5 rings (SSSR count). The first-order valence-electron chi connectivity index (χ1n) is 15.5. The molecule has 13 heteroatoms. The van der Waals surface area contributed by atoms with Crippen LogP contribution in [0.5, 0.6) is 5.75 Å². The Hall–Kier alpha value is -4.88. The molecule has 1 heterocycles. The molecule has 0 saturated heterocycles. The van der Waals surface area contributed by atoms with E-state index in [4.69, 9.17) is 4.74 Å². The number of sulfonamides is 2. The van der Waals surface area contributed by atoms with Crippen LogP contribution in [0, 0.1) is 34.6 Å². The van der Waals surface area contributed by atoms with Crippen LogP contribution in [0.2, 0.25) is 0 Å². The number of aliphatic carboxylic acids is 1. The van der Waals surface area contributed by atoms with Crippen molar-refractivity contribution in [3.05, 3.63) is 112 Å². The Balaban J connectivity index is 1.63. The number of carbonyl (C=O) groups is 2. The van der Waals surface area contributed by atoms with Crippen LogP contribution < -0.4 is 18.7 Å². The third-order valence-electron chi connectivity index (χ3n) is 8.56. The molecule has 0 saturated carbocycles. The number of methoxy groups -OCH3 is 1. The number of anilines is 2. The molecule has 1 unspecified atom stereocenters. The minimum absolute atomic E-state index is 0.0250. The Bertz CT molecular complexity index is 2160. The van der Waals surface area contributed by atoms with E-state index in [1.165, 1.54) is 13.2 Å². The van der Waals surface area contributed by atoms with Gasteiger partial charge in [0.1, 0.15) is 18.3 Å². The van der Waals surface area contributed by atoms with Crippen molar-refractivity contribution in [3.63, 3.8) is 0 Å². The van der Waals surface area contributed by atoms with Crippen molar-refractivity contribution in [2.45, 2.75) is 56.9 Å². The Morgan fingerprint density at radius 2 is 1.53 bits per heavy atom. The predicted octanol–water partition coefficient (Wildman–Crippen LogP) is 5.13. The molecule has 2 N–H and O–H groups in total. The lowest BCUT2D eigenvalue weighted by molar-refractivity contribution is -0.135. The van der Waals surface area contributed by atoms with Crippen LogP contribution in [-0.2, 0) is 36.1 Å². The largest absolute Gasteiger partial charge is 0.497 e. The highest BCUT2D eigenvalue weighted by Gasteiger charge is 2.39. The fraction of sp³-hybridized carbons (Fsp3) is 0.278. The zero-order valence-corrected chi connectivity index (χ0v) is 29.8. The van der Waals surface area contributed by atoms with Gasteiger partial charge in [0.05, 0.1) is 22.6 Å². The van der Waals surface area contributed by atoms with Gasteiger partial charge in [-0.15, -0.1) is 0 Å². The van der Waals surface area contributed by atoms with Crippen molar-refractivity contribution < 1.29 is 36.3 Å². The fourth-order valence-corrected chi connectivity index (χ4v) is 9.76. The average Bonchev–Trinajstić information content (AvgIpc) is 3.42. The molecular formula is C36H39N3O8S2. The van der Waals surface area contributed by atoms with Gasteiger partial charge in [0.2, 0.25) is 0 Å². The number of rotatable bonds is 11. The summed E-state index contributed by atoms with van der Waals surface area (Å²) in [5, 5.41) is 9.90. The van der Waals surface area contributed by atoms with Crippen molar-refractivity contribution in [3.8, 4) is 5.75 Å². The Labute approximate surface area is 287 Å². The third kappa shape index (κ3) is 6.99. The van der Waals surface area contributed by atoms with Crippen LogP contribution in [0.15, 0.2) is 82.6 Å². The van der Waals surface area contributed by atoms with E-state index < -0.39 is 44.5 Å². The number of nitrogens with one attached hydrogen (secondary N) is 1. The summed E-state index contributed by atoms with van der Waals surface area (Å²) in [6.07, 6.45) is 0.251. The topological polar surface area (TPSA) is 150 Å². The van der Waals surface area contributed by atoms with Crippen molar-refractivity contribution in [1.29, 1.82) is 0 Å². The highest BCUT2D eigenvalue weighted by atomic mass is 32.2. The molecule has 49 heavy (non-hydrogen) atoms. The number of hydrogen-bond acceptors (Lipinski definition) is 8. The van der Waals surface area contributed by atoms with E-state index in [0.717, 1.165) is 15.4 Å². The van der Waals surface area contributed by atoms with Crippen molar-refractivity contribution >= 4 is 43.3 Å². The van der Waals surface area contributed by atoms with E-state index >= 15 is 0 Å². The molecule has 1 aliphatic rings. The van der Waals surface area contributed by atoms with Crippen molar-refractivity contribution in [1.82, 2.24) is 4.72 Å². The minimum atomic E-state index is -4.37. The number of aryl methyl sites for hydroxylation is 5. The predicted molar refractivity (Wildman–Crippen MR) is 187 cm³/mol. The Kier molecular flexibility index (Phi) is 9.80. The number of carboxylic acids is 1. The van der Waals surface area contributed by atoms with Crippen LogP contribution in [0.3, 0.4) is 0 Å². The number of nitrogens with zero attached hydrogens (tertiary/aromatic N) is 2. The van der Waals surface area contributed by atoms with Gasteiger partial charge in [-0.1, -0.05) is 53.6 Å². The van der Waals surface area contributed by atoms with Crippen molar-refractivity contribution in [2.24, 2.45) is 0 Å². The maximum atomic E-state index is 14.3. The molecule has 0 spiro atoms. The SMILES string of the molecule is COc1cccc(C(C(=O)NS(=O)(=O)c2ccc(C)cc2C)N2CCc3c2cccc3N(CC(=O)O)S(=O)(=O)c2c(C)cc(C)cc2C)c1. The lowest BCUT2D eigenvalue weighted by Crippen LogP contribution is -2.42. The second-order valence-corrected chi connectivity index (χ2v) is 15.7. The standard InChI is InChI=1S/C36H39N3O8S2/c1-22-13-14-32(24(3)17-22)48(43,44)37-36(42)34(27-9-7-10-28(20-27)47-6)38-16-15-29-30(38)11-8-12-31(29)39(21-33(40)41)49(45,46)35-25(4)18-23(2)19-26(35)5/h7-14,17-20,34H,15-16,21H2,1-6H3,(H,37,42)(H,40,41). The summed E-state index contributed by atoms with van der Waals surface area (Å²) >= 11 is 0. The minimum Gasteiger partial charge on any atom is -0.497 e. The van der Waals surface area contributed by atoms with Gasteiger partial charge < -0.3 is 14.7 Å². The summed E-state index contributed by atoms with van der Waals surface area (Å²) in [5.74, 6) is -1.72. The van der Waals surface area contributed by atoms with Crippen LogP contribution in [0.1, 0.15) is 45.0 Å². The monoisotopic (exact) mass is 705 g/mol. The number of benzene rings is 4. The van der Waals surface area contributed by atoms with Crippen LogP contribution in [0.25, 0.3) is 0 Å². The second-order valence-electron chi connectivity index (χ2n) is 12.3. The van der Waals surface area contributed by atoms with Gasteiger partial charge in [-0.2, -0.15) is 0 Å². The lowest BCUT2D eigenvalue weighted by Gasteiger charge is -2.31. The van der Waals surface area contributed by atoms with E-state index in [1.807, 2.05) is 13.8 Å². The maximum absolute atomic E-state index is 14.3. The third-order valence-corrected chi connectivity index (χ3v) is 12.1. The Morgan fingerprint density at radius 3 is 2.16 bits per heavy atom. The van der Waals surface area contributed by atoms with E-state index in [2.05, 4.69) is 4.72 Å². The molecule has 1 aliphatic heterocycles. The smallest absolute Gasteiger partial charge is 0.324 e. The fourth-order valence-electron chi connectivity index (χ4n) is 6.68. The number of hydrogen-bond donors (Lipinski definition) is 2. The van der Waals surface area contributed by atoms with Gasteiger partial charge in [-0.05, 0) is 93.6 Å². The molecule has 0 fully saturated rings. The highest BCUT2D eigenvalue weighted by Crippen LogP contribution is 2.42. The number of carboxylic acid groups (broad SMARTS) is 1. The molecule has 11 nitrogen and oxygen atoms in total. The Morgan fingerprint density at radius 1 is 0.878 bits per heavy atom. The van der Waals surface area contributed by atoms with Gasteiger partial charge >= 0.3 is 5.97 Å². The molecular weight excluding hydrogens is 667 g/mol. The van der Waals surface area contributed by atoms with E-state index in [0.29, 0.717) is 39.3 Å². The maximum Gasteiger partial charge on any atom is 0.324 e. The zero-order valence-electron chi connectivity index (χ0n) is 28.1. The molecule has 0 aromatic heterocycles. The molecule has 258 valence electrons. The average molecular weight is 706 g/mol. The van der Waals surface area contributed by atoms with Gasteiger partial charge in [-0.3, -0.25) is 13.9 Å².